The minimum atomic E-state index is -3.99. The van der Waals surface area contributed by atoms with Gasteiger partial charge in [-0.1, -0.05) is 58.0 Å². The van der Waals surface area contributed by atoms with Gasteiger partial charge in [0.05, 0.1) is 89.4 Å². The van der Waals surface area contributed by atoms with Crippen molar-refractivity contribution in [1.82, 2.24) is 67.7 Å². The van der Waals surface area contributed by atoms with Gasteiger partial charge in [-0.2, -0.15) is 34.9 Å². The van der Waals surface area contributed by atoms with Gasteiger partial charge in [-0.3, -0.25) is 90.7 Å². The number of anilines is 5. The number of alkyl halides is 10. The summed E-state index contributed by atoms with van der Waals surface area (Å²) in [5.74, 6) is 0.0358. The maximum absolute atomic E-state index is 15.7. The first kappa shape index (κ1) is 101. The number of phosphoric acid groups is 5. The van der Waals surface area contributed by atoms with E-state index in [4.69, 9.17) is 188 Å². The molecule has 0 saturated carbocycles. The Kier molecular flexibility index (Phi) is 30.2. The van der Waals surface area contributed by atoms with Gasteiger partial charge in [0.25, 0.3) is 25.6 Å². The Hall–Kier alpha value is -6.21. The number of hydrogen-bond acceptors (Lipinski definition) is 44. The third-order valence-corrected chi connectivity index (χ3v) is 29.0. The fourth-order valence-corrected chi connectivity index (χ4v) is 23.8. The van der Waals surface area contributed by atoms with E-state index in [2.05, 4.69) is 44.9 Å². The molecule has 10 saturated heterocycles. The van der Waals surface area contributed by atoms with Gasteiger partial charge in [-0.05, 0) is 101 Å². The first-order valence-electron chi connectivity index (χ1n) is 39.2. The summed E-state index contributed by atoms with van der Waals surface area (Å²) in [6.45, 7) is 19.3. The zero-order chi connectivity index (χ0) is 95.0. The van der Waals surface area contributed by atoms with Gasteiger partial charge in [-0.15, -0.1) is 0 Å². The van der Waals surface area contributed by atoms with Crippen molar-refractivity contribution in [3.8, 4) is 11.8 Å². The molecule has 0 aliphatic carbocycles. The van der Waals surface area contributed by atoms with Crippen molar-refractivity contribution >= 4 is 149 Å². The molecule has 0 spiro atoms. The summed E-state index contributed by atoms with van der Waals surface area (Å²) >= 11 is 30.2. The van der Waals surface area contributed by atoms with Crippen molar-refractivity contribution in [1.29, 1.82) is 0 Å². The monoisotopic (exact) mass is 2050 g/mol. The lowest BCUT2D eigenvalue weighted by molar-refractivity contribution is -0.0749. The molecule has 10 N–H and O–H groups in total. The number of phosphoric ester groups is 5. The molecule has 10 aliphatic heterocycles. The Morgan fingerprint density at radius 2 is 0.592 bits per heavy atom. The molecule has 49 nitrogen and oxygen atoms in total. The topological polar surface area (TPSA) is 610 Å². The Morgan fingerprint density at radius 3 is 0.792 bits per heavy atom. The molecule has 1 unspecified atom stereocenters. The number of imidazole rings is 2. The largest absolute Gasteiger partial charge is 0.476 e. The predicted molar refractivity (Wildman–Crippen MR) is 442 cm³/mol. The lowest BCUT2D eigenvalue weighted by Gasteiger charge is -2.33. The molecule has 17 heterocycles. The average molecular weight is 2050 g/mol. The van der Waals surface area contributed by atoms with E-state index in [0.717, 1.165) is 13.7 Å². The maximum Gasteiger partial charge on any atom is 0.475 e. The van der Waals surface area contributed by atoms with Crippen LogP contribution < -0.4 is 55.2 Å². The highest BCUT2D eigenvalue weighted by Gasteiger charge is 2.69. The summed E-state index contributed by atoms with van der Waals surface area (Å²) in [5.41, 5.74) is 26.0. The van der Waals surface area contributed by atoms with Crippen LogP contribution in [-0.4, -0.2) is 231 Å². The number of rotatable bonds is 19. The number of hydrogen-bond donors (Lipinski definition) is 5. The van der Waals surface area contributed by atoms with Crippen molar-refractivity contribution in [3.05, 3.63) is 80.9 Å². The molecule has 7 aromatic rings. The summed E-state index contributed by atoms with van der Waals surface area (Å²) in [6, 6.07) is 3.89. The van der Waals surface area contributed by atoms with E-state index in [1.807, 2.05) is 0 Å². The van der Waals surface area contributed by atoms with Crippen molar-refractivity contribution in [2.45, 2.75) is 231 Å². The van der Waals surface area contributed by atoms with Gasteiger partial charge >= 0.3 is 56.2 Å². The zero-order valence-electron chi connectivity index (χ0n) is 70.0. The van der Waals surface area contributed by atoms with Gasteiger partial charge < -0.3 is 61.8 Å². The highest BCUT2D eigenvalue weighted by molar-refractivity contribution is 7.49. The van der Waals surface area contributed by atoms with E-state index in [1.165, 1.54) is 58.6 Å². The van der Waals surface area contributed by atoms with Crippen molar-refractivity contribution in [2.75, 3.05) is 74.9 Å². The van der Waals surface area contributed by atoms with Crippen LogP contribution in [0.1, 0.15) is 114 Å². The van der Waals surface area contributed by atoms with Crippen LogP contribution in [0.15, 0.2) is 63.8 Å². The number of fused-ring (bicyclic) bond motifs is 7. The first-order chi connectivity index (χ1) is 60.7. The van der Waals surface area contributed by atoms with Crippen molar-refractivity contribution in [2.24, 2.45) is 0 Å². The Bertz CT molecular complexity index is 5300. The van der Waals surface area contributed by atoms with E-state index < -0.39 is 205 Å². The van der Waals surface area contributed by atoms with Crippen LogP contribution in [0.25, 0.3) is 22.3 Å². The number of halogens is 10. The maximum atomic E-state index is 15.7. The van der Waals surface area contributed by atoms with E-state index in [0.29, 0.717) is 13.2 Å². The third kappa shape index (κ3) is 21.3. The second kappa shape index (κ2) is 38.8. The minimum Gasteiger partial charge on any atom is -0.476 e. The summed E-state index contributed by atoms with van der Waals surface area (Å²) in [7, 11) is -19.9. The van der Waals surface area contributed by atoms with Crippen LogP contribution in [-0.2, 0) is 114 Å². The Labute approximate surface area is 757 Å². The quantitative estimate of drug-likeness (QED) is 0.0285. The fraction of sp³-hybridized carbons (Fsp3) is 0.667. The molecule has 130 heavy (non-hydrogen) atoms. The van der Waals surface area contributed by atoms with Crippen molar-refractivity contribution < 1.29 is 146 Å². The fourth-order valence-electron chi connectivity index (χ4n) is 13.8. The smallest absolute Gasteiger partial charge is 0.475 e. The lowest BCUT2D eigenvalue weighted by atomic mass is 10.1. The summed E-state index contributed by atoms with van der Waals surface area (Å²) in [4.78, 5) is 70.8. The molecule has 64 heteroatoms. The van der Waals surface area contributed by atoms with Gasteiger partial charge in [0.2, 0.25) is 23.7 Å². The van der Waals surface area contributed by atoms with Gasteiger partial charge in [-0.25, -0.2) is 69.1 Å². The van der Waals surface area contributed by atoms with Crippen molar-refractivity contribution in [3.63, 3.8) is 0 Å². The molecular weight excluding hydrogens is 1970 g/mol. The standard InChI is InChI=1S/2C15H20ClFN5O6P.3C12H16ClFN3O6P/c2*1-4-24-12-9-11(20-14(18)21-12)22(6-19-9)13-15(16,17)10-8(26-13)5-25-29(23,28-10)27-7(2)3;3*1-6(2)22-24(19)20-5-7-9(23-24)12(13,14)10(21-7)17-4-3-8(15)16-11(17)18/h2*6-8,10,13H,4-5H2,1-3H3,(H2,18,20,21);3*3-4,6-7,9-10H,5H2,1-2H3,(H2,15,16,18)/t8-,10-,13-,15-,29+;8-,10-,13-,15-,29-;7-,9-,10-,12+,24?;7-,9-,10-,12+,24+;7-,9-,10-,12+,24-/m11111/s1. The van der Waals surface area contributed by atoms with E-state index >= 15 is 22.0 Å². The molecule has 722 valence electrons. The predicted octanol–water partition coefficient (Wildman–Crippen LogP) is 9.84. The summed E-state index contributed by atoms with van der Waals surface area (Å²) < 4.78 is 260. The van der Waals surface area contributed by atoms with E-state index in [1.54, 1.807) is 83.1 Å². The number of aromatic nitrogens is 14. The minimum absolute atomic E-state index is 0.0277. The van der Waals surface area contributed by atoms with Crippen LogP contribution in [0.3, 0.4) is 0 Å². The van der Waals surface area contributed by atoms with Crippen LogP contribution >= 0.6 is 97.1 Å². The number of nitrogens with zero attached hydrogens (tertiary/aromatic N) is 14. The Balaban J connectivity index is 0.000000139. The number of ether oxygens (including phenoxy) is 7. The molecule has 10 aliphatic rings. The molecule has 0 radical (unpaired) electrons. The highest BCUT2D eigenvalue weighted by atomic mass is 35.5. The molecule has 0 amide bonds. The van der Waals surface area contributed by atoms with Gasteiger partial charge in [0, 0.05) is 18.6 Å². The Morgan fingerprint density at radius 1 is 0.377 bits per heavy atom. The number of nitrogens with two attached hydrogens (primary N) is 5. The molecule has 25 atom stereocenters. The number of nitrogen functional groups attached to an aromatic ring is 5. The average Bonchev–Trinajstić information content (AvgIpc) is 1.58. The lowest BCUT2D eigenvalue weighted by Crippen LogP contribution is -2.44. The first-order valence-corrected chi connectivity index (χ1v) is 48.4. The van der Waals surface area contributed by atoms with Gasteiger partial charge in [0.1, 0.15) is 48.0 Å². The zero-order valence-corrected chi connectivity index (χ0v) is 78.3. The van der Waals surface area contributed by atoms with Crippen LogP contribution in [0.5, 0.6) is 11.8 Å². The van der Waals surface area contributed by atoms with Crippen LogP contribution in [0.2, 0.25) is 0 Å². The molecular formula is C66H88Cl5F5N19O30P5. The van der Waals surface area contributed by atoms with E-state index in [-0.39, 0.29) is 96.5 Å². The molecule has 0 bridgehead atoms. The summed E-state index contributed by atoms with van der Waals surface area (Å²) in [5, 5.41) is -13.3. The van der Waals surface area contributed by atoms with Crippen LogP contribution in [0, 0.1) is 0 Å². The second-order valence-corrected chi connectivity index (χ2v) is 41.3. The highest BCUT2D eigenvalue weighted by Crippen LogP contribution is 2.67. The van der Waals surface area contributed by atoms with Crippen LogP contribution in [0.4, 0.5) is 51.3 Å². The normalized spacial score (nSPS) is 37.1. The van der Waals surface area contributed by atoms with Gasteiger partial charge in [0.15, 0.2) is 84.0 Å². The SMILES string of the molecule is CC(C)OP1(=O)OC[C@H]2O[C@@H](n3ccc(N)nc3=O)[C@](F)(Cl)[C@@H]2O1.CC(C)O[P@@]1(=O)OC[C@H]2O[C@@H](n3ccc(N)nc3=O)[C@](F)(Cl)[C@@H]2O1.CC(C)O[P@]1(=O)OC[C@H]2O[C@@H](n3ccc(N)nc3=O)[C@](F)(Cl)[C@@H]2O1.CCOc1nc(N)nc2c1ncn2[C@@H]1O[C@@H]2CO[P@@](=O)(OC(C)C)O[C@H]2[C@]1(F)Cl.CCOc1nc(N)nc2c1ncn2[C@@H]1O[C@@H]2CO[P@](=O)(OC(C)C)O[C@H]2[C@]1(F)Cl. The molecule has 10 fully saturated rings. The molecule has 17 rings (SSSR count). The second-order valence-electron chi connectivity index (χ2n) is 30.5. The third-order valence-electron chi connectivity index (χ3n) is 18.8. The van der Waals surface area contributed by atoms with E-state index in [9.17, 15) is 37.2 Å². The molecule has 7 aromatic heterocycles. The molecule has 0 aromatic carbocycles. The summed E-state index contributed by atoms with van der Waals surface area (Å²) in [6.07, 6.45) is -15.6.